The predicted molar refractivity (Wildman–Crippen MR) is 51.1 cm³/mol. The third-order valence-corrected chi connectivity index (χ3v) is 3.79. The third kappa shape index (κ3) is 1.84. The van der Waals surface area contributed by atoms with E-state index in [1.54, 1.807) is 12.3 Å². The zero-order valence-electron chi connectivity index (χ0n) is 6.66. The van der Waals surface area contributed by atoms with E-state index in [2.05, 4.69) is 11.1 Å². The SMILES string of the molecule is Cc1cc(C#[N+][O-])c(S(C)=O)s1. The number of aryl methyl sites for hydroxylation is 1. The molecule has 0 aliphatic carbocycles. The Morgan fingerprint density at radius 2 is 2.42 bits per heavy atom. The largest absolute Gasteiger partial charge is 0.498 e. The van der Waals surface area contributed by atoms with Crippen molar-refractivity contribution in [3.63, 3.8) is 0 Å². The maximum absolute atomic E-state index is 11.1. The van der Waals surface area contributed by atoms with Gasteiger partial charge in [0, 0.05) is 16.1 Å². The van der Waals surface area contributed by atoms with Crippen molar-refractivity contribution >= 4 is 22.1 Å². The maximum atomic E-state index is 11.1. The van der Waals surface area contributed by atoms with Crippen LogP contribution in [0.4, 0.5) is 0 Å². The molecule has 1 aromatic rings. The smallest absolute Gasteiger partial charge is 0.338 e. The van der Waals surface area contributed by atoms with Crippen molar-refractivity contribution < 1.29 is 4.21 Å². The Balaban J connectivity index is 3.23. The molecule has 0 radical (unpaired) electrons. The molecule has 0 amide bonds. The Bertz CT molecular complexity index is 372. The summed E-state index contributed by atoms with van der Waals surface area (Å²) in [5, 5.41) is 12.4. The fourth-order valence-electron chi connectivity index (χ4n) is 0.833. The molecule has 1 rings (SSSR count). The van der Waals surface area contributed by atoms with Gasteiger partial charge < -0.3 is 5.21 Å². The molecule has 1 heterocycles. The van der Waals surface area contributed by atoms with Crippen molar-refractivity contribution in [2.75, 3.05) is 6.26 Å². The number of hydrogen-bond donors (Lipinski definition) is 0. The van der Waals surface area contributed by atoms with Gasteiger partial charge in [-0.2, -0.15) is 0 Å². The lowest BCUT2D eigenvalue weighted by Crippen LogP contribution is -1.84. The second-order valence-electron chi connectivity index (χ2n) is 2.22. The molecular formula is C7H7NO2S2. The maximum Gasteiger partial charge on any atom is 0.338 e. The van der Waals surface area contributed by atoms with Crippen LogP contribution >= 0.6 is 11.3 Å². The molecule has 0 saturated heterocycles. The molecule has 64 valence electrons. The van der Waals surface area contributed by atoms with Crippen LogP contribution in [-0.2, 0) is 10.8 Å². The highest BCUT2D eigenvalue weighted by atomic mass is 32.2. The summed E-state index contributed by atoms with van der Waals surface area (Å²) >= 11 is 1.40. The minimum atomic E-state index is -1.06. The van der Waals surface area contributed by atoms with E-state index < -0.39 is 10.8 Å². The minimum Gasteiger partial charge on any atom is -0.498 e. The zero-order chi connectivity index (χ0) is 9.14. The second-order valence-corrected chi connectivity index (χ2v) is 5.05. The van der Waals surface area contributed by atoms with Crippen LogP contribution in [0.3, 0.4) is 0 Å². The molecule has 0 fully saturated rings. The summed E-state index contributed by atoms with van der Waals surface area (Å²) in [4.78, 5) is 1.01. The first-order valence-electron chi connectivity index (χ1n) is 3.17. The lowest BCUT2D eigenvalue weighted by Gasteiger charge is -1.85. The summed E-state index contributed by atoms with van der Waals surface area (Å²) in [5.74, 6) is 0. The van der Waals surface area contributed by atoms with E-state index in [0.29, 0.717) is 9.77 Å². The highest BCUT2D eigenvalue weighted by Crippen LogP contribution is 2.23. The molecule has 0 spiro atoms. The monoisotopic (exact) mass is 201 g/mol. The molecule has 1 unspecified atom stereocenters. The predicted octanol–water partition coefficient (Wildman–Crippen LogP) is 1.97. The van der Waals surface area contributed by atoms with Gasteiger partial charge in [0.25, 0.3) is 0 Å². The lowest BCUT2D eigenvalue weighted by atomic mass is 10.3. The summed E-state index contributed by atoms with van der Waals surface area (Å²) in [6.45, 7) is 1.89. The van der Waals surface area contributed by atoms with Crippen LogP contribution in [0.2, 0.25) is 0 Å². The van der Waals surface area contributed by atoms with E-state index >= 15 is 0 Å². The molecule has 0 saturated carbocycles. The van der Waals surface area contributed by atoms with Crippen LogP contribution in [0.15, 0.2) is 10.3 Å². The summed E-state index contributed by atoms with van der Waals surface area (Å²) in [6.07, 6.45) is 1.57. The van der Waals surface area contributed by atoms with Crippen LogP contribution in [-0.4, -0.2) is 10.5 Å². The molecule has 1 atom stereocenters. The standard InChI is InChI=1S/C7H7NO2S2/c1-5-3-6(4-8-9)7(11-5)12(2)10/h3H,1-2H3. The van der Waals surface area contributed by atoms with Crippen molar-refractivity contribution in [1.82, 2.24) is 0 Å². The first-order chi connectivity index (χ1) is 5.65. The lowest BCUT2D eigenvalue weighted by molar-refractivity contribution is 0.688. The zero-order valence-corrected chi connectivity index (χ0v) is 8.29. The quantitative estimate of drug-likeness (QED) is 0.652. The first kappa shape index (κ1) is 9.23. The minimum absolute atomic E-state index is 0.549. The van der Waals surface area contributed by atoms with Crippen LogP contribution in [0.5, 0.6) is 0 Å². The van der Waals surface area contributed by atoms with Crippen molar-refractivity contribution in [3.05, 3.63) is 26.7 Å². The van der Waals surface area contributed by atoms with E-state index in [9.17, 15) is 9.42 Å². The third-order valence-electron chi connectivity index (χ3n) is 1.25. The van der Waals surface area contributed by atoms with Gasteiger partial charge in [0.15, 0.2) is 0 Å². The summed E-state index contributed by atoms with van der Waals surface area (Å²) in [7, 11) is -1.06. The van der Waals surface area contributed by atoms with Crippen LogP contribution in [0.25, 0.3) is 5.01 Å². The normalized spacial score (nSPS) is 11.8. The topological polar surface area (TPSA) is 44.5 Å². The van der Waals surface area contributed by atoms with Gasteiger partial charge in [-0.05, 0) is 13.0 Å². The second kappa shape index (κ2) is 3.70. The van der Waals surface area contributed by atoms with Crippen LogP contribution in [0.1, 0.15) is 10.4 Å². The van der Waals surface area contributed by atoms with Gasteiger partial charge >= 0.3 is 6.07 Å². The fourth-order valence-corrected chi connectivity index (χ4v) is 2.80. The molecule has 0 aliphatic rings. The first-order valence-corrected chi connectivity index (χ1v) is 5.55. The summed E-state index contributed by atoms with van der Waals surface area (Å²) in [5.41, 5.74) is 0.549. The molecule has 0 aromatic carbocycles. The molecule has 0 N–H and O–H groups in total. The average Bonchev–Trinajstić information content (AvgIpc) is 2.32. The number of thiophene rings is 1. The average molecular weight is 201 g/mol. The van der Waals surface area contributed by atoms with Gasteiger partial charge in [-0.3, -0.25) is 4.21 Å². The molecule has 3 nitrogen and oxygen atoms in total. The Hall–Kier alpha value is -0.860. The van der Waals surface area contributed by atoms with E-state index in [-0.39, 0.29) is 0 Å². The van der Waals surface area contributed by atoms with E-state index in [1.165, 1.54) is 11.3 Å². The van der Waals surface area contributed by atoms with Crippen LogP contribution in [0, 0.1) is 18.2 Å². The van der Waals surface area contributed by atoms with Gasteiger partial charge in [0.1, 0.15) is 9.77 Å². The fraction of sp³-hybridized carbons (Fsp3) is 0.286. The number of hydrogen-bond acceptors (Lipinski definition) is 3. The van der Waals surface area contributed by atoms with Crippen molar-refractivity contribution in [2.45, 2.75) is 11.1 Å². The molecule has 1 aromatic heterocycles. The van der Waals surface area contributed by atoms with E-state index in [1.807, 2.05) is 6.92 Å². The summed E-state index contributed by atoms with van der Waals surface area (Å²) in [6, 6.07) is 4.02. The van der Waals surface area contributed by atoms with Crippen molar-refractivity contribution in [3.8, 4) is 6.07 Å². The Morgan fingerprint density at radius 1 is 1.75 bits per heavy atom. The number of nitrogens with zero attached hydrogens (tertiary/aromatic N) is 1. The van der Waals surface area contributed by atoms with Gasteiger partial charge in [-0.1, -0.05) is 0 Å². The van der Waals surface area contributed by atoms with Crippen LogP contribution < -0.4 is 0 Å². The van der Waals surface area contributed by atoms with Crippen molar-refractivity contribution in [1.29, 1.82) is 0 Å². The van der Waals surface area contributed by atoms with Gasteiger partial charge in [0.05, 0.1) is 10.8 Å². The Kier molecular flexibility index (Phi) is 2.84. The number of rotatable bonds is 1. The molecule has 0 bridgehead atoms. The molecule has 12 heavy (non-hydrogen) atoms. The van der Waals surface area contributed by atoms with E-state index in [4.69, 9.17) is 0 Å². The Labute approximate surface area is 76.9 Å². The Morgan fingerprint density at radius 3 is 2.92 bits per heavy atom. The van der Waals surface area contributed by atoms with Gasteiger partial charge in [-0.25, -0.2) is 0 Å². The highest BCUT2D eigenvalue weighted by Gasteiger charge is 2.12. The van der Waals surface area contributed by atoms with Crippen molar-refractivity contribution in [2.24, 2.45) is 0 Å². The van der Waals surface area contributed by atoms with Gasteiger partial charge in [-0.15, -0.1) is 11.3 Å². The highest BCUT2D eigenvalue weighted by molar-refractivity contribution is 7.86. The molecule has 5 heteroatoms. The van der Waals surface area contributed by atoms with Gasteiger partial charge in [0.2, 0.25) is 0 Å². The molecule has 0 aliphatic heterocycles. The molecular weight excluding hydrogens is 194 g/mol. The van der Waals surface area contributed by atoms with E-state index in [0.717, 1.165) is 4.88 Å². The summed E-state index contributed by atoms with van der Waals surface area (Å²) < 4.78 is 11.8.